The lowest BCUT2D eigenvalue weighted by molar-refractivity contribution is -0.149. The number of hydrogen-bond donors (Lipinski definition) is 2. The van der Waals surface area contributed by atoms with Gasteiger partial charge in [-0.3, -0.25) is 14.4 Å². The molecule has 2 atom stereocenters. The molecule has 9 heteroatoms. The minimum Gasteiger partial charge on any atom is -0.481 e. The van der Waals surface area contributed by atoms with E-state index in [1.54, 1.807) is 0 Å². The van der Waals surface area contributed by atoms with E-state index in [4.69, 9.17) is 9.47 Å². The second kappa shape index (κ2) is 13.3. The van der Waals surface area contributed by atoms with E-state index in [0.717, 1.165) is 27.8 Å². The van der Waals surface area contributed by atoms with Crippen LogP contribution in [0.2, 0.25) is 0 Å². The summed E-state index contributed by atoms with van der Waals surface area (Å²) in [6.07, 6.45) is 0.0909. The summed E-state index contributed by atoms with van der Waals surface area (Å²) in [6.45, 7) is 0.753. The third-order valence-electron chi connectivity index (χ3n) is 7.84. The summed E-state index contributed by atoms with van der Waals surface area (Å²) in [5.41, 5.74) is 5.10. The molecule has 1 aliphatic carbocycles. The van der Waals surface area contributed by atoms with Crippen LogP contribution in [0.25, 0.3) is 11.1 Å². The lowest BCUT2D eigenvalue weighted by Crippen LogP contribution is -2.52. The molecule has 2 N–H and O–H groups in total. The summed E-state index contributed by atoms with van der Waals surface area (Å²) in [6, 6.07) is 23.9. The quantitative estimate of drug-likeness (QED) is 0.338. The zero-order chi connectivity index (χ0) is 29.5. The van der Waals surface area contributed by atoms with Crippen molar-refractivity contribution in [3.63, 3.8) is 0 Å². The van der Waals surface area contributed by atoms with Crippen molar-refractivity contribution in [2.24, 2.45) is 5.92 Å². The third kappa shape index (κ3) is 6.97. The van der Waals surface area contributed by atoms with Gasteiger partial charge in [-0.1, -0.05) is 78.9 Å². The van der Waals surface area contributed by atoms with E-state index in [1.165, 1.54) is 4.90 Å². The van der Waals surface area contributed by atoms with E-state index >= 15 is 0 Å². The largest absolute Gasteiger partial charge is 0.481 e. The Kier molecular flexibility index (Phi) is 9.16. The molecule has 1 unspecified atom stereocenters. The lowest BCUT2D eigenvalue weighted by Gasteiger charge is -2.34. The van der Waals surface area contributed by atoms with Crippen LogP contribution in [-0.4, -0.2) is 59.7 Å². The van der Waals surface area contributed by atoms with Gasteiger partial charge in [0.2, 0.25) is 5.91 Å². The van der Waals surface area contributed by atoms with Gasteiger partial charge in [-0.05, 0) is 46.6 Å². The number of piperidine rings is 1. The van der Waals surface area contributed by atoms with E-state index < -0.39 is 30.0 Å². The van der Waals surface area contributed by atoms with Gasteiger partial charge in [0.05, 0.1) is 6.42 Å². The Bertz CT molecular complexity index is 1400. The zero-order valence-corrected chi connectivity index (χ0v) is 23.2. The first kappa shape index (κ1) is 28.9. The van der Waals surface area contributed by atoms with Crippen molar-refractivity contribution in [1.82, 2.24) is 10.2 Å². The molecule has 2 aliphatic rings. The molecule has 0 saturated carbocycles. The predicted molar refractivity (Wildman–Crippen MR) is 154 cm³/mol. The van der Waals surface area contributed by atoms with E-state index in [9.17, 15) is 24.3 Å². The number of hydrogen-bond acceptors (Lipinski definition) is 6. The van der Waals surface area contributed by atoms with Gasteiger partial charge >= 0.3 is 18.0 Å². The Morgan fingerprint density at radius 3 is 2.19 bits per heavy atom. The number of ether oxygens (including phenoxy) is 2. The number of carboxylic acids is 1. The molecule has 1 fully saturated rings. The molecule has 1 heterocycles. The number of nitrogens with zero attached hydrogens (tertiary/aromatic N) is 1. The van der Waals surface area contributed by atoms with E-state index in [1.807, 2.05) is 78.9 Å². The number of nitrogens with one attached hydrogen (secondary N) is 1. The van der Waals surface area contributed by atoms with Crippen LogP contribution >= 0.6 is 0 Å². The summed E-state index contributed by atoms with van der Waals surface area (Å²) in [5.74, 6) is -2.38. The number of carbonyl (C=O) groups is 4. The predicted octanol–water partition coefficient (Wildman–Crippen LogP) is 4.74. The number of carboxylic acid groups (broad SMARTS) is 1. The van der Waals surface area contributed by atoms with Crippen LogP contribution in [0.1, 0.15) is 48.3 Å². The summed E-state index contributed by atoms with van der Waals surface area (Å²) in [4.78, 5) is 52.2. The first-order chi connectivity index (χ1) is 20.4. The summed E-state index contributed by atoms with van der Waals surface area (Å²) < 4.78 is 11.0. The van der Waals surface area contributed by atoms with Crippen LogP contribution in [0, 0.1) is 5.92 Å². The average Bonchev–Trinajstić information content (AvgIpc) is 3.32. The van der Waals surface area contributed by atoms with Crippen molar-refractivity contribution in [3.8, 4) is 11.1 Å². The highest BCUT2D eigenvalue weighted by atomic mass is 16.5. The minimum atomic E-state index is -1.22. The maximum atomic E-state index is 13.6. The Labute approximate surface area is 244 Å². The SMILES string of the molecule is O=C(O)CC1CCCN(C(=O)[C@H](CC(=O)OCc2ccccc2)NC(=O)OCC2c3ccccc3-c3ccccc32)C1. The fraction of sp³-hybridized carbons (Fsp3) is 0.333. The smallest absolute Gasteiger partial charge is 0.407 e. The number of esters is 1. The average molecular weight is 571 g/mol. The number of aliphatic carboxylic acids is 1. The minimum absolute atomic E-state index is 0.0376. The molecular weight excluding hydrogens is 536 g/mol. The molecule has 0 spiro atoms. The van der Waals surface area contributed by atoms with Crippen LogP contribution in [0.3, 0.4) is 0 Å². The Hall–Kier alpha value is -4.66. The first-order valence-electron chi connectivity index (χ1n) is 14.2. The molecule has 0 aromatic heterocycles. The van der Waals surface area contributed by atoms with E-state index in [0.29, 0.717) is 19.4 Å². The molecule has 1 saturated heterocycles. The van der Waals surface area contributed by atoms with Crippen molar-refractivity contribution < 1.29 is 33.8 Å². The monoisotopic (exact) mass is 570 g/mol. The van der Waals surface area contributed by atoms with Crippen LogP contribution in [0.4, 0.5) is 4.79 Å². The van der Waals surface area contributed by atoms with Crippen LogP contribution in [-0.2, 0) is 30.5 Å². The molecule has 3 aromatic carbocycles. The molecule has 3 aromatic rings. The van der Waals surface area contributed by atoms with Gasteiger partial charge < -0.3 is 24.8 Å². The summed E-state index contributed by atoms with van der Waals surface area (Å²) >= 11 is 0. The van der Waals surface area contributed by atoms with Crippen LogP contribution < -0.4 is 5.32 Å². The van der Waals surface area contributed by atoms with Crippen LogP contribution in [0.15, 0.2) is 78.9 Å². The first-order valence-corrected chi connectivity index (χ1v) is 14.2. The molecule has 0 radical (unpaired) electrons. The molecule has 9 nitrogen and oxygen atoms in total. The highest BCUT2D eigenvalue weighted by Crippen LogP contribution is 2.44. The summed E-state index contributed by atoms with van der Waals surface area (Å²) in [5, 5.41) is 11.8. The highest BCUT2D eigenvalue weighted by Gasteiger charge is 2.34. The number of rotatable bonds is 10. The molecule has 2 amide bonds. The second-order valence-corrected chi connectivity index (χ2v) is 10.8. The molecular formula is C33H34N2O7. The molecule has 218 valence electrons. The normalized spacial score (nSPS) is 16.6. The van der Waals surface area contributed by atoms with Gasteiger partial charge in [-0.2, -0.15) is 0 Å². The van der Waals surface area contributed by atoms with Crippen molar-refractivity contribution in [3.05, 3.63) is 95.6 Å². The van der Waals surface area contributed by atoms with Crippen molar-refractivity contribution in [2.75, 3.05) is 19.7 Å². The maximum absolute atomic E-state index is 13.6. The molecule has 42 heavy (non-hydrogen) atoms. The van der Waals surface area contributed by atoms with E-state index in [-0.39, 0.29) is 44.4 Å². The van der Waals surface area contributed by atoms with Gasteiger partial charge in [0.25, 0.3) is 0 Å². The number of fused-ring (bicyclic) bond motifs is 3. The summed E-state index contributed by atoms with van der Waals surface area (Å²) in [7, 11) is 0. The lowest BCUT2D eigenvalue weighted by atomic mass is 9.94. The molecule has 1 aliphatic heterocycles. The number of likely N-dealkylation sites (tertiary alicyclic amines) is 1. The fourth-order valence-electron chi connectivity index (χ4n) is 5.85. The van der Waals surface area contributed by atoms with E-state index in [2.05, 4.69) is 5.32 Å². The number of alkyl carbamates (subject to hydrolysis) is 1. The molecule has 0 bridgehead atoms. The topological polar surface area (TPSA) is 122 Å². The van der Waals surface area contributed by atoms with Gasteiger partial charge in [0, 0.05) is 25.4 Å². The maximum Gasteiger partial charge on any atom is 0.407 e. The van der Waals surface area contributed by atoms with Crippen LogP contribution in [0.5, 0.6) is 0 Å². The second-order valence-electron chi connectivity index (χ2n) is 10.8. The number of amides is 2. The van der Waals surface area contributed by atoms with Gasteiger partial charge in [-0.25, -0.2) is 4.79 Å². The van der Waals surface area contributed by atoms with Crippen molar-refractivity contribution in [1.29, 1.82) is 0 Å². The standard InChI is InChI=1S/C33H34N2O7/c36-30(37)17-23-11-8-16-35(19-23)32(39)29(18-31(38)41-20-22-9-2-1-3-10-22)34-33(40)42-21-28-26-14-6-4-12-24(26)25-13-5-7-15-27(25)28/h1-7,9-10,12-15,23,28-29H,8,11,16-21H2,(H,34,40)(H,36,37)/t23?,29-/m0/s1. The number of carbonyl (C=O) groups excluding carboxylic acids is 3. The molecule has 5 rings (SSSR count). The fourth-order valence-corrected chi connectivity index (χ4v) is 5.85. The van der Waals surface area contributed by atoms with Gasteiger partial charge in [0.15, 0.2) is 0 Å². The zero-order valence-electron chi connectivity index (χ0n) is 23.2. The van der Waals surface area contributed by atoms with Crippen molar-refractivity contribution in [2.45, 2.75) is 44.2 Å². The van der Waals surface area contributed by atoms with Gasteiger partial charge in [0.1, 0.15) is 19.3 Å². The Morgan fingerprint density at radius 1 is 0.881 bits per heavy atom. The Morgan fingerprint density at radius 2 is 1.52 bits per heavy atom. The number of benzene rings is 3. The van der Waals surface area contributed by atoms with Gasteiger partial charge in [-0.15, -0.1) is 0 Å². The van der Waals surface area contributed by atoms with Crippen molar-refractivity contribution >= 4 is 23.9 Å². The highest BCUT2D eigenvalue weighted by molar-refractivity contribution is 5.90. The Balaban J connectivity index is 1.25. The third-order valence-corrected chi connectivity index (χ3v) is 7.84.